The van der Waals surface area contributed by atoms with Gasteiger partial charge >= 0.3 is 0 Å². The maximum atomic E-state index is 13.1. The van der Waals surface area contributed by atoms with Gasteiger partial charge in [-0.3, -0.25) is 4.79 Å². The lowest BCUT2D eigenvalue weighted by Crippen LogP contribution is -2.44. The van der Waals surface area contributed by atoms with Crippen molar-refractivity contribution in [1.82, 2.24) is 25.1 Å². The minimum Gasteiger partial charge on any atom is -0.341 e. The Labute approximate surface area is 136 Å². The van der Waals surface area contributed by atoms with Gasteiger partial charge < -0.3 is 4.90 Å². The Morgan fingerprint density at radius 1 is 1.35 bits per heavy atom. The summed E-state index contributed by atoms with van der Waals surface area (Å²) in [6.45, 7) is 3.88. The fourth-order valence-electron chi connectivity index (χ4n) is 3.25. The van der Waals surface area contributed by atoms with Gasteiger partial charge in [-0.05, 0) is 34.7 Å². The third-order valence-corrected chi connectivity index (χ3v) is 4.65. The number of aromatic nitrogens is 4. The average Bonchev–Trinajstić information content (AvgIpc) is 3.14. The molecular formula is C17H23N5O. The van der Waals surface area contributed by atoms with Crippen LogP contribution in [0.15, 0.2) is 36.7 Å². The first-order chi connectivity index (χ1) is 11.3. The van der Waals surface area contributed by atoms with Gasteiger partial charge in [-0.25, -0.2) is 4.68 Å². The summed E-state index contributed by atoms with van der Waals surface area (Å²) < 4.78 is 1.59. The van der Waals surface area contributed by atoms with Gasteiger partial charge in [-0.15, -0.1) is 5.10 Å². The van der Waals surface area contributed by atoms with Gasteiger partial charge in [0.05, 0.1) is 0 Å². The number of carbonyl (C=O) groups is 1. The minimum atomic E-state index is -0.372. The normalized spacial score (nSPS) is 19.5. The highest BCUT2D eigenvalue weighted by molar-refractivity contribution is 5.80. The van der Waals surface area contributed by atoms with Crippen molar-refractivity contribution in [1.29, 1.82) is 0 Å². The lowest BCUT2D eigenvalue weighted by atomic mass is 9.94. The van der Waals surface area contributed by atoms with Crippen LogP contribution in [0.5, 0.6) is 0 Å². The van der Waals surface area contributed by atoms with E-state index in [0.29, 0.717) is 12.3 Å². The van der Waals surface area contributed by atoms with Gasteiger partial charge in [0.2, 0.25) is 5.91 Å². The largest absolute Gasteiger partial charge is 0.341 e. The Balaban J connectivity index is 1.79. The van der Waals surface area contributed by atoms with Crippen molar-refractivity contribution in [3.63, 3.8) is 0 Å². The molecule has 6 heteroatoms. The molecule has 1 aromatic carbocycles. The van der Waals surface area contributed by atoms with Crippen molar-refractivity contribution in [3.8, 4) is 0 Å². The molecule has 0 saturated carbocycles. The number of piperidine rings is 1. The quantitative estimate of drug-likeness (QED) is 0.848. The van der Waals surface area contributed by atoms with Gasteiger partial charge in [-0.2, -0.15) is 0 Å². The molecule has 6 nitrogen and oxygen atoms in total. The monoisotopic (exact) mass is 313 g/mol. The number of likely N-dealkylation sites (tertiary alicyclic amines) is 1. The van der Waals surface area contributed by atoms with E-state index in [1.807, 2.05) is 35.2 Å². The molecule has 3 rings (SSSR count). The number of hydrogen-bond donors (Lipinski definition) is 0. The molecule has 1 amide bonds. The SMILES string of the molecule is CC[C@@H]1CCCN(C(=O)[C@H](Cc2ccccc2)n2cnnn2)C1. The molecule has 1 saturated heterocycles. The summed E-state index contributed by atoms with van der Waals surface area (Å²) in [5.74, 6) is 0.734. The van der Waals surface area contributed by atoms with Crippen LogP contribution >= 0.6 is 0 Å². The number of nitrogens with zero attached hydrogens (tertiary/aromatic N) is 5. The molecule has 1 aliphatic heterocycles. The summed E-state index contributed by atoms with van der Waals surface area (Å²) in [5, 5.41) is 11.4. The molecule has 122 valence electrons. The number of hydrogen-bond acceptors (Lipinski definition) is 4. The molecule has 2 heterocycles. The molecule has 0 radical (unpaired) electrons. The first kappa shape index (κ1) is 15.6. The highest BCUT2D eigenvalue weighted by Crippen LogP contribution is 2.23. The molecule has 0 spiro atoms. The first-order valence-electron chi connectivity index (χ1n) is 8.33. The molecule has 2 atom stereocenters. The zero-order valence-electron chi connectivity index (χ0n) is 13.5. The van der Waals surface area contributed by atoms with Crippen molar-refractivity contribution < 1.29 is 4.79 Å². The molecular weight excluding hydrogens is 290 g/mol. The summed E-state index contributed by atoms with van der Waals surface area (Å²) in [5.41, 5.74) is 1.12. The van der Waals surface area contributed by atoms with Crippen LogP contribution < -0.4 is 0 Å². The molecule has 0 N–H and O–H groups in total. The van der Waals surface area contributed by atoms with Gasteiger partial charge in [0.1, 0.15) is 12.4 Å². The first-order valence-corrected chi connectivity index (χ1v) is 8.33. The highest BCUT2D eigenvalue weighted by atomic mass is 16.2. The molecule has 0 bridgehead atoms. The Bertz CT molecular complexity index is 613. The van der Waals surface area contributed by atoms with Gasteiger partial charge in [0.15, 0.2) is 0 Å². The maximum Gasteiger partial charge on any atom is 0.247 e. The van der Waals surface area contributed by atoms with E-state index in [9.17, 15) is 4.79 Å². The van der Waals surface area contributed by atoms with E-state index in [-0.39, 0.29) is 11.9 Å². The van der Waals surface area contributed by atoms with Crippen molar-refractivity contribution in [2.24, 2.45) is 5.92 Å². The fraction of sp³-hybridized carbons (Fsp3) is 0.529. The zero-order valence-corrected chi connectivity index (χ0v) is 13.5. The second kappa shape index (κ2) is 7.35. The van der Waals surface area contributed by atoms with E-state index in [4.69, 9.17) is 0 Å². The van der Waals surface area contributed by atoms with Crippen molar-refractivity contribution in [3.05, 3.63) is 42.2 Å². The number of amides is 1. The molecule has 1 fully saturated rings. The summed E-state index contributed by atoms with van der Waals surface area (Å²) in [7, 11) is 0. The summed E-state index contributed by atoms with van der Waals surface area (Å²) >= 11 is 0. The van der Waals surface area contributed by atoms with Gasteiger partial charge in [-0.1, -0.05) is 43.7 Å². The van der Waals surface area contributed by atoms with Crippen molar-refractivity contribution >= 4 is 5.91 Å². The van der Waals surface area contributed by atoms with Crippen molar-refractivity contribution in [2.45, 2.75) is 38.6 Å². The lowest BCUT2D eigenvalue weighted by Gasteiger charge is -2.34. The fourth-order valence-corrected chi connectivity index (χ4v) is 3.25. The van der Waals surface area contributed by atoms with Crippen LogP contribution in [0.1, 0.15) is 37.8 Å². The van der Waals surface area contributed by atoms with Crippen LogP contribution in [0.25, 0.3) is 0 Å². The van der Waals surface area contributed by atoms with Crippen LogP contribution in [0, 0.1) is 5.92 Å². The predicted molar refractivity (Wildman–Crippen MR) is 86.6 cm³/mol. The Hall–Kier alpha value is -2.24. The zero-order chi connectivity index (χ0) is 16.1. The second-order valence-electron chi connectivity index (χ2n) is 6.20. The molecule has 1 aromatic heterocycles. The van der Waals surface area contributed by atoms with E-state index in [1.54, 1.807) is 4.68 Å². The van der Waals surface area contributed by atoms with Crippen LogP contribution in [-0.4, -0.2) is 44.1 Å². The van der Waals surface area contributed by atoms with Crippen LogP contribution in [0.2, 0.25) is 0 Å². The minimum absolute atomic E-state index is 0.124. The predicted octanol–water partition coefficient (Wildman–Crippen LogP) is 2.11. The Morgan fingerprint density at radius 3 is 2.87 bits per heavy atom. The topological polar surface area (TPSA) is 63.9 Å². The van der Waals surface area contributed by atoms with Crippen molar-refractivity contribution in [2.75, 3.05) is 13.1 Å². The summed E-state index contributed by atoms with van der Waals surface area (Å²) in [6.07, 6.45) is 5.56. The van der Waals surface area contributed by atoms with Gasteiger partial charge in [0.25, 0.3) is 0 Å². The molecule has 0 unspecified atom stereocenters. The summed E-state index contributed by atoms with van der Waals surface area (Å²) in [4.78, 5) is 15.1. The van der Waals surface area contributed by atoms with Crippen LogP contribution in [-0.2, 0) is 11.2 Å². The number of tetrazole rings is 1. The standard InChI is InChI=1S/C17H23N5O/c1-2-14-9-6-10-21(12-14)17(23)16(22-13-18-19-20-22)11-15-7-4-3-5-8-15/h3-5,7-8,13-14,16H,2,6,9-12H2,1H3/t14-,16+/m1/s1. The molecule has 0 aliphatic carbocycles. The molecule has 23 heavy (non-hydrogen) atoms. The smallest absolute Gasteiger partial charge is 0.247 e. The number of carbonyl (C=O) groups excluding carboxylic acids is 1. The average molecular weight is 313 g/mol. The maximum absolute atomic E-state index is 13.1. The molecule has 1 aliphatic rings. The van der Waals surface area contributed by atoms with E-state index >= 15 is 0 Å². The Kier molecular flexibility index (Phi) is 5.00. The van der Waals surface area contributed by atoms with Gasteiger partial charge in [0, 0.05) is 19.5 Å². The number of benzene rings is 1. The van der Waals surface area contributed by atoms with E-state index < -0.39 is 0 Å². The second-order valence-corrected chi connectivity index (χ2v) is 6.20. The highest BCUT2D eigenvalue weighted by Gasteiger charge is 2.30. The third kappa shape index (κ3) is 3.75. The lowest BCUT2D eigenvalue weighted by molar-refractivity contribution is -0.137. The van der Waals surface area contributed by atoms with Crippen LogP contribution in [0.4, 0.5) is 0 Å². The van der Waals surface area contributed by atoms with E-state index in [1.165, 1.54) is 12.7 Å². The van der Waals surface area contributed by atoms with Crippen LogP contribution in [0.3, 0.4) is 0 Å². The van der Waals surface area contributed by atoms with E-state index in [2.05, 4.69) is 22.4 Å². The third-order valence-electron chi connectivity index (χ3n) is 4.65. The van der Waals surface area contributed by atoms with E-state index in [0.717, 1.165) is 31.5 Å². The molecule has 2 aromatic rings. The Morgan fingerprint density at radius 2 is 2.17 bits per heavy atom. The summed E-state index contributed by atoms with van der Waals surface area (Å²) in [6, 6.07) is 9.66. The number of rotatable bonds is 5.